The van der Waals surface area contributed by atoms with Crippen molar-refractivity contribution in [2.45, 2.75) is 6.92 Å². The largest absolute Gasteiger partial charge is 0.673 e. The van der Waals surface area contributed by atoms with E-state index in [2.05, 4.69) is 21.7 Å². The number of non-ortho nitro benzene ring substituents is 1. The van der Waals surface area contributed by atoms with Gasteiger partial charge in [0.05, 0.1) is 4.92 Å². The van der Waals surface area contributed by atoms with Crippen molar-refractivity contribution in [3.8, 4) is 5.69 Å². The number of allylic oxidation sites excluding steroid dienone is 1. The zero-order valence-corrected chi connectivity index (χ0v) is 16.0. The molecule has 13 heteroatoms. The second-order valence-corrected chi connectivity index (χ2v) is 6.35. The predicted octanol–water partition coefficient (Wildman–Crippen LogP) is 4.55. The first kappa shape index (κ1) is 21.7. The summed E-state index contributed by atoms with van der Waals surface area (Å²) in [5.74, 6) is 0.626. The van der Waals surface area contributed by atoms with Crippen LogP contribution in [0.3, 0.4) is 0 Å². The Morgan fingerprint density at radius 3 is 2.48 bits per heavy atom. The minimum Gasteiger partial charge on any atom is -0.418 e. The van der Waals surface area contributed by atoms with Crippen molar-refractivity contribution in [2.75, 3.05) is 5.43 Å². The molecule has 8 nitrogen and oxygen atoms in total. The molecule has 0 amide bonds. The minimum atomic E-state index is -6.00. The molecule has 0 spiro atoms. The molecule has 3 aromatic rings. The number of nitro groups is 1. The van der Waals surface area contributed by atoms with Crippen LogP contribution in [0.5, 0.6) is 0 Å². The van der Waals surface area contributed by atoms with Crippen LogP contribution >= 0.6 is 0 Å². The van der Waals surface area contributed by atoms with Gasteiger partial charge in [0.25, 0.3) is 17.3 Å². The van der Waals surface area contributed by atoms with Crippen molar-refractivity contribution < 1.29 is 26.9 Å². The zero-order valence-electron chi connectivity index (χ0n) is 16.0. The first-order valence-electron chi connectivity index (χ1n) is 8.82. The molecule has 1 aromatic heterocycles. The predicted molar refractivity (Wildman–Crippen MR) is 108 cm³/mol. The number of hydrazine groups is 1. The zero-order chi connectivity index (χ0) is 22.6. The highest BCUT2D eigenvalue weighted by Crippen LogP contribution is 2.30. The lowest BCUT2D eigenvalue weighted by molar-refractivity contribution is -0.401. The molecule has 0 bridgehead atoms. The molecule has 4 rings (SSSR count). The molecule has 0 saturated carbocycles. The van der Waals surface area contributed by atoms with Gasteiger partial charge in [-0.1, -0.05) is 10.8 Å². The van der Waals surface area contributed by atoms with Gasteiger partial charge in [-0.2, -0.15) is 0 Å². The molecule has 0 atom stereocenters. The number of hydrazone groups is 1. The molecular formula is C18H15BF4N6O2. The van der Waals surface area contributed by atoms with Crippen molar-refractivity contribution in [1.82, 2.24) is 14.8 Å². The average molecular weight is 434 g/mol. The van der Waals surface area contributed by atoms with E-state index < -0.39 is 12.2 Å². The molecule has 0 aliphatic carbocycles. The molecule has 0 fully saturated rings. The average Bonchev–Trinajstić information content (AvgIpc) is 3.15. The fraction of sp³-hybridized carbons (Fsp3) is 0.0556. The summed E-state index contributed by atoms with van der Waals surface area (Å²) in [6.45, 7) is 2.03. The van der Waals surface area contributed by atoms with Crippen molar-refractivity contribution in [2.24, 2.45) is 0 Å². The lowest BCUT2D eigenvalue weighted by atomic mass is 10.1. The van der Waals surface area contributed by atoms with Crippen molar-refractivity contribution in [3.05, 3.63) is 76.1 Å². The molecule has 2 heterocycles. The Bertz CT molecular complexity index is 1150. The summed E-state index contributed by atoms with van der Waals surface area (Å²) in [6.07, 6.45) is 7.28. The lowest BCUT2D eigenvalue weighted by Crippen LogP contribution is -2.23. The molecule has 1 aliphatic heterocycles. The highest BCUT2D eigenvalue weighted by molar-refractivity contribution is 6.50. The van der Waals surface area contributed by atoms with Crippen LogP contribution in [0, 0.1) is 17.0 Å². The summed E-state index contributed by atoms with van der Waals surface area (Å²) in [6, 6.07) is 12.5. The van der Waals surface area contributed by atoms with Crippen LogP contribution in [0.1, 0.15) is 11.1 Å². The Kier molecular flexibility index (Phi) is 6.13. The Balaban J connectivity index is 0.000000491. The van der Waals surface area contributed by atoms with Crippen molar-refractivity contribution >= 4 is 36.9 Å². The smallest absolute Gasteiger partial charge is 0.418 e. The van der Waals surface area contributed by atoms with Gasteiger partial charge in [0, 0.05) is 24.3 Å². The van der Waals surface area contributed by atoms with Crippen LogP contribution in [0.15, 0.2) is 54.9 Å². The van der Waals surface area contributed by atoms with E-state index in [1.165, 1.54) is 12.1 Å². The fourth-order valence-corrected chi connectivity index (χ4v) is 2.75. The van der Waals surface area contributed by atoms with Crippen LogP contribution in [-0.4, -0.2) is 37.8 Å². The first-order chi connectivity index (χ1) is 14.6. The van der Waals surface area contributed by atoms with Crippen LogP contribution in [0.4, 0.5) is 34.6 Å². The van der Waals surface area contributed by atoms with Gasteiger partial charge < -0.3 is 17.3 Å². The number of fused-ring (bicyclic) bond motifs is 3. The van der Waals surface area contributed by atoms with Gasteiger partial charge >= 0.3 is 7.25 Å². The van der Waals surface area contributed by atoms with Crippen molar-refractivity contribution in [3.63, 3.8) is 0 Å². The van der Waals surface area contributed by atoms with Crippen LogP contribution in [0.25, 0.3) is 11.8 Å². The summed E-state index contributed by atoms with van der Waals surface area (Å²) in [7, 11) is -6.00. The third-order valence-electron chi connectivity index (χ3n) is 4.05. The SMILES string of the molecule is Cc1ccc2c(c1)/[N+](=C/C=C/c1ccc([N+](=O)[O-])cc1)Nc1nncn1-2.F[B-](F)(F)F. The highest BCUT2D eigenvalue weighted by Gasteiger charge is 2.26. The number of rotatable bonds is 3. The third kappa shape index (κ3) is 5.75. The summed E-state index contributed by atoms with van der Waals surface area (Å²) >= 11 is 0. The highest BCUT2D eigenvalue weighted by atomic mass is 19.5. The van der Waals surface area contributed by atoms with Gasteiger partial charge in [-0.3, -0.25) is 14.7 Å². The van der Waals surface area contributed by atoms with E-state index in [0.29, 0.717) is 5.95 Å². The van der Waals surface area contributed by atoms with E-state index in [1.54, 1.807) is 18.5 Å². The van der Waals surface area contributed by atoms with Gasteiger partial charge in [0.15, 0.2) is 0 Å². The van der Waals surface area contributed by atoms with Gasteiger partial charge in [0.2, 0.25) is 6.21 Å². The standard InChI is InChI=1S/C18H15N6O2.BF4/c1-13-4-9-16-17(11-13)23(21-18-20-19-12-22(16)18)10-2-3-14-5-7-15(8-6-14)24(25)26;2-1(3,4)5/h2-12H,1H3,(H,20,21);/q+1;-1/b3-2+,23-10-;. The number of hydrogen-bond acceptors (Lipinski definition) is 5. The number of benzene rings is 2. The van der Waals surface area contributed by atoms with E-state index in [-0.39, 0.29) is 5.69 Å². The molecule has 0 saturated heterocycles. The number of anilines is 1. The lowest BCUT2D eigenvalue weighted by Gasteiger charge is -2.15. The maximum Gasteiger partial charge on any atom is 0.673 e. The third-order valence-corrected chi connectivity index (χ3v) is 4.05. The van der Waals surface area contributed by atoms with Gasteiger partial charge in [-0.05, 0) is 42.3 Å². The number of nitrogens with one attached hydrogen (secondary N) is 1. The molecule has 2 aromatic carbocycles. The van der Waals surface area contributed by atoms with Gasteiger partial charge in [0.1, 0.15) is 12.0 Å². The quantitative estimate of drug-likeness (QED) is 0.215. The van der Waals surface area contributed by atoms with E-state index in [1.807, 2.05) is 46.7 Å². The number of aryl methyl sites for hydroxylation is 1. The Morgan fingerprint density at radius 2 is 1.84 bits per heavy atom. The Hall–Kier alpha value is -4.03. The maximum atomic E-state index is 10.7. The fourth-order valence-electron chi connectivity index (χ4n) is 2.75. The number of nitro benzene ring substituents is 1. The summed E-state index contributed by atoms with van der Waals surface area (Å²) in [4.78, 5) is 10.3. The van der Waals surface area contributed by atoms with E-state index in [0.717, 1.165) is 22.5 Å². The monoisotopic (exact) mass is 434 g/mol. The van der Waals surface area contributed by atoms with Gasteiger partial charge in [-0.25, -0.2) is 0 Å². The summed E-state index contributed by atoms with van der Waals surface area (Å²) in [5.41, 5.74) is 7.24. The molecule has 1 aliphatic rings. The van der Waals surface area contributed by atoms with E-state index in [9.17, 15) is 27.4 Å². The van der Waals surface area contributed by atoms with Gasteiger partial charge in [-0.15, -0.1) is 15.6 Å². The number of hydrogen-bond donors (Lipinski definition) is 1. The molecule has 1 N–H and O–H groups in total. The van der Waals surface area contributed by atoms with Crippen LogP contribution in [-0.2, 0) is 0 Å². The second-order valence-electron chi connectivity index (χ2n) is 6.35. The summed E-state index contributed by atoms with van der Waals surface area (Å²) in [5, 5.41) is 18.7. The van der Waals surface area contributed by atoms with Crippen LogP contribution < -0.4 is 5.43 Å². The number of halogens is 4. The van der Waals surface area contributed by atoms with Crippen molar-refractivity contribution in [1.29, 1.82) is 0 Å². The van der Waals surface area contributed by atoms with Crippen LogP contribution in [0.2, 0.25) is 0 Å². The number of nitrogens with zero attached hydrogens (tertiary/aromatic N) is 5. The topological polar surface area (TPSA) is 88.9 Å². The van der Waals surface area contributed by atoms with E-state index >= 15 is 0 Å². The molecular weight excluding hydrogens is 419 g/mol. The molecule has 31 heavy (non-hydrogen) atoms. The maximum absolute atomic E-state index is 10.7. The normalized spacial score (nSPS) is 13.8. The summed E-state index contributed by atoms with van der Waals surface area (Å²) < 4.78 is 42.8. The first-order valence-corrected chi connectivity index (χ1v) is 8.82. The Morgan fingerprint density at radius 1 is 1.16 bits per heavy atom. The second kappa shape index (κ2) is 8.77. The molecule has 0 unspecified atom stereocenters. The number of aromatic nitrogens is 3. The minimum absolute atomic E-state index is 0.0764. The van der Waals surface area contributed by atoms with E-state index in [4.69, 9.17) is 0 Å². The Labute approximate surface area is 173 Å². The molecule has 0 radical (unpaired) electrons. The molecule has 160 valence electrons.